The molecule has 3 rings (SSSR count). The van der Waals surface area contributed by atoms with Crippen LogP contribution in [0.3, 0.4) is 0 Å². The maximum absolute atomic E-state index is 8.84. The first-order valence-electron chi connectivity index (χ1n) is 6.87. The van der Waals surface area contributed by atoms with Crippen molar-refractivity contribution in [2.24, 2.45) is 7.05 Å². The van der Waals surface area contributed by atoms with Crippen LogP contribution in [0.4, 0.5) is 5.95 Å². The quantitative estimate of drug-likeness (QED) is 0.795. The van der Waals surface area contributed by atoms with Gasteiger partial charge in [-0.1, -0.05) is 24.3 Å². The summed E-state index contributed by atoms with van der Waals surface area (Å²) in [7, 11) is 2.00. The van der Waals surface area contributed by atoms with Gasteiger partial charge in [0, 0.05) is 7.05 Å². The minimum Gasteiger partial charge on any atom is -0.349 e. The highest BCUT2D eigenvalue weighted by molar-refractivity contribution is 5.78. The van der Waals surface area contributed by atoms with Crippen molar-refractivity contribution in [3.8, 4) is 6.07 Å². The van der Waals surface area contributed by atoms with Gasteiger partial charge in [-0.3, -0.25) is 0 Å². The Kier molecular flexibility index (Phi) is 3.33. The molecule has 1 heterocycles. The van der Waals surface area contributed by atoms with Gasteiger partial charge in [0.25, 0.3) is 0 Å². The normalized spacial score (nSPS) is 12.0. The van der Waals surface area contributed by atoms with E-state index in [4.69, 9.17) is 5.26 Å². The van der Waals surface area contributed by atoms with E-state index < -0.39 is 0 Å². The maximum Gasteiger partial charge on any atom is 0.204 e. The fraction of sp³-hybridized carbons (Fsp3) is 0.176. The summed E-state index contributed by atoms with van der Waals surface area (Å²) in [6.07, 6.45) is 0. The molecule has 1 aromatic heterocycles. The zero-order valence-corrected chi connectivity index (χ0v) is 12.0. The van der Waals surface area contributed by atoms with Gasteiger partial charge in [0.2, 0.25) is 5.95 Å². The van der Waals surface area contributed by atoms with Crippen molar-refractivity contribution in [2.75, 3.05) is 5.32 Å². The average molecular weight is 276 g/mol. The molecule has 0 radical (unpaired) electrons. The van der Waals surface area contributed by atoms with E-state index >= 15 is 0 Å². The van der Waals surface area contributed by atoms with Gasteiger partial charge in [-0.15, -0.1) is 0 Å². The minimum atomic E-state index is 0.119. The molecule has 0 amide bonds. The van der Waals surface area contributed by atoms with Crippen LogP contribution in [0.1, 0.15) is 24.1 Å². The first kappa shape index (κ1) is 13.2. The third-order valence-electron chi connectivity index (χ3n) is 3.67. The lowest BCUT2D eigenvalue weighted by atomic mass is 10.1. The second kappa shape index (κ2) is 5.29. The van der Waals surface area contributed by atoms with Gasteiger partial charge in [0.1, 0.15) is 0 Å². The van der Waals surface area contributed by atoms with Crippen LogP contribution < -0.4 is 5.32 Å². The van der Waals surface area contributed by atoms with Crippen LogP contribution in [0.25, 0.3) is 11.0 Å². The Bertz CT molecular complexity index is 809. The number of fused-ring (bicyclic) bond motifs is 1. The summed E-state index contributed by atoms with van der Waals surface area (Å²) in [5, 5.41) is 12.3. The van der Waals surface area contributed by atoms with Gasteiger partial charge in [0.15, 0.2) is 0 Å². The smallest absolute Gasteiger partial charge is 0.204 e. The van der Waals surface area contributed by atoms with E-state index in [9.17, 15) is 0 Å². The largest absolute Gasteiger partial charge is 0.349 e. The second-order valence-electron chi connectivity index (χ2n) is 5.08. The monoisotopic (exact) mass is 276 g/mol. The van der Waals surface area contributed by atoms with Crippen molar-refractivity contribution in [1.82, 2.24) is 9.55 Å². The van der Waals surface area contributed by atoms with E-state index in [1.54, 1.807) is 0 Å². The number of nitrogens with zero attached hydrogens (tertiary/aromatic N) is 3. The number of imidazole rings is 1. The van der Waals surface area contributed by atoms with Gasteiger partial charge in [-0.05, 0) is 36.8 Å². The lowest BCUT2D eigenvalue weighted by Gasteiger charge is -2.15. The molecule has 0 bridgehead atoms. The van der Waals surface area contributed by atoms with E-state index in [2.05, 4.69) is 33.9 Å². The molecular weight excluding hydrogens is 260 g/mol. The average Bonchev–Trinajstić information content (AvgIpc) is 2.84. The van der Waals surface area contributed by atoms with E-state index in [0.717, 1.165) is 22.5 Å². The molecule has 0 aliphatic carbocycles. The van der Waals surface area contributed by atoms with Crippen LogP contribution in [0, 0.1) is 11.3 Å². The number of nitriles is 1. The number of aryl methyl sites for hydroxylation is 1. The molecule has 0 aliphatic rings. The Balaban J connectivity index is 1.87. The van der Waals surface area contributed by atoms with Gasteiger partial charge in [-0.25, -0.2) is 4.98 Å². The maximum atomic E-state index is 8.84. The molecule has 4 nitrogen and oxygen atoms in total. The Morgan fingerprint density at radius 2 is 1.86 bits per heavy atom. The number of benzene rings is 2. The molecule has 0 saturated carbocycles. The van der Waals surface area contributed by atoms with Crippen LogP contribution in [-0.2, 0) is 7.05 Å². The topological polar surface area (TPSA) is 53.6 Å². The fourth-order valence-electron chi connectivity index (χ4n) is 2.40. The Morgan fingerprint density at radius 1 is 1.14 bits per heavy atom. The fourth-order valence-corrected chi connectivity index (χ4v) is 2.40. The van der Waals surface area contributed by atoms with Crippen LogP contribution in [-0.4, -0.2) is 9.55 Å². The molecule has 1 atom stereocenters. The third-order valence-corrected chi connectivity index (χ3v) is 3.67. The van der Waals surface area contributed by atoms with Crippen molar-refractivity contribution >= 4 is 17.0 Å². The molecule has 0 fully saturated rings. The summed E-state index contributed by atoms with van der Waals surface area (Å²) in [6.45, 7) is 2.08. The SMILES string of the molecule is CC(Nc1nc2ccccc2n1C)c1ccc(C#N)cc1. The Hall–Kier alpha value is -2.80. The van der Waals surface area contributed by atoms with Gasteiger partial charge in [-0.2, -0.15) is 5.26 Å². The summed E-state index contributed by atoms with van der Waals surface area (Å²) in [5.41, 5.74) is 3.89. The van der Waals surface area contributed by atoms with Crippen molar-refractivity contribution in [1.29, 1.82) is 5.26 Å². The van der Waals surface area contributed by atoms with Crippen molar-refractivity contribution in [3.63, 3.8) is 0 Å². The zero-order valence-electron chi connectivity index (χ0n) is 12.0. The molecule has 21 heavy (non-hydrogen) atoms. The summed E-state index contributed by atoms with van der Waals surface area (Å²) in [5.74, 6) is 0.841. The molecule has 1 N–H and O–H groups in total. The summed E-state index contributed by atoms with van der Waals surface area (Å²) < 4.78 is 2.05. The molecular formula is C17H16N4. The van der Waals surface area contributed by atoms with Crippen molar-refractivity contribution in [2.45, 2.75) is 13.0 Å². The van der Waals surface area contributed by atoms with Gasteiger partial charge >= 0.3 is 0 Å². The lowest BCUT2D eigenvalue weighted by Crippen LogP contribution is -2.10. The molecule has 4 heteroatoms. The predicted molar refractivity (Wildman–Crippen MR) is 83.9 cm³/mol. The number of rotatable bonds is 3. The van der Waals surface area contributed by atoms with E-state index in [1.807, 2.05) is 49.5 Å². The number of hydrogen-bond donors (Lipinski definition) is 1. The standard InChI is InChI=1S/C17H16N4/c1-12(14-9-7-13(11-18)8-10-14)19-17-20-15-5-3-4-6-16(15)21(17)2/h3-10,12H,1-2H3,(H,19,20). The zero-order chi connectivity index (χ0) is 14.8. The molecule has 1 unspecified atom stereocenters. The third kappa shape index (κ3) is 2.46. The van der Waals surface area contributed by atoms with Crippen LogP contribution in [0.5, 0.6) is 0 Å². The van der Waals surface area contributed by atoms with Gasteiger partial charge < -0.3 is 9.88 Å². The van der Waals surface area contributed by atoms with Crippen LogP contribution in [0.15, 0.2) is 48.5 Å². The lowest BCUT2D eigenvalue weighted by molar-refractivity contribution is 0.832. The first-order chi connectivity index (χ1) is 10.2. The minimum absolute atomic E-state index is 0.119. The van der Waals surface area contributed by atoms with Crippen molar-refractivity contribution < 1.29 is 0 Å². The summed E-state index contributed by atoms with van der Waals surface area (Å²) >= 11 is 0. The van der Waals surface area contributed by atoms with Gasteiger partial charge in [0.05, 0.1) is 28.7 Å². The van der Waals surface area contributed by atoms with E-state index in [-0.39, 0.29) is 6.04 Å². The number of nitrogens with one attached hydrogen (secondary N) is 1. The highest BCUT2D eigenvalue weighted by Crippen LogP contribution is 2.22. The molecule has 0 saturated heterocycles. The second-order valence-corrected chi connectivity index (χ2v) is 5.08. The highest BCUT2D eigenvalue weighted by atomic mass is 15.2. The number of para-hydroxylation sites is 2. The summed E-state index contributed by atoms with van der Waals surface area (Å²) in [4.78, 5) is 4.61. The van der Waals surface area contributed by atoms with Crippen LogP contribution >= 0.6 is 0 Å². The first-order valence-corrected chi connectivity index (χ1v) is 6.87. The molecule has 3 aromatic rings. The summed E-state index contributed by atoms with van der Waals surface area (Å²) in [6, 6.07) is 17.9. The Morgan fingerprint density at radius 3 is 2.52 bits per heavy atom. The molecule has 0 spiro atoms. The molecule has 104 valence electrons. The highest BCUT2D eigenvalue weighted by Gasteiger charge is 2.11. The van der Waals surface area contributed by atoms with E-state index in [1.165, 1.54) is 0 Å². The molecule has 0 aliphatic heterocycles. The van der Waals surface area contributed by atoms with Crippen LogP contribution in [0.2, 0.25) is 0 Å². The predicted octanol–water partition coefficient (Wildman–Crippen LogP) is 3.62. The molecule has 2 aromatic carbocycles. The number of hydrogen-bond acceptors (Lipinski definition) is 3. The van der Waals surface area contributed by atoms with Crippen molar-refractivity contribution in [3.05, 3.63) is 59.7 Å². The number of aromatic nitrogens is 2. The Labute approximate surface area is 123 Å². The van der Waals surface area contributed by atoms with E-state index in [0.29, 0.717) is 5.56 Å². The number of anilines is 1.